The Kier molecular flexibility index (Phi) is 5.32. The van der Waals surface area contributed by atoms with Gasteiger partial charge in [0, 0.05) is 29.0 Å². The third-order valence-electron chi connectivity index (χ3n) is 5.08. The number of hydrogen-bond acceptors (Lipinski definition) is 5. The van der Waals surface area contributed by atoms with Gasteiger partial charge in [0.2, 0.25) is 0 Å². The lowest BCUT2D eigenvalue weighted by atomic mass is 9.94. The highest BCUT2D eigenvalue weighted by molar-refractivity contribution is 6.00. The van der Waals surface area contributed by atoms with Gasteiger partial charge in [0.15, 0.2) is 5.82 Å². The Hall–Kier alpha value is -2.80. The van der Waals surface area contributed by atoms with Gasteiger partial charge in [0.25, 0.3) is 0 Å². The van der Waals surface area contributed by atoms with Crippen molar-refractivity contribution in [1.82, 2.24) is 10.2 Å². The number of hydrogen-bond donors (Lipinski definition) is 1. The molecular formula is C22H23F2N3O2. The second kappa shape index (κ2) is 7.91. The lowest BCUT2D eigenvalue weighted by molar-refractivity contribution is -0.0553. The van der Waals surface area contributed by atoms with Gasteiger partial charge in [-0.05, 0) is 38.8 Å². The lowest BCUT2D eigenvalue weighted by Crippen LogP contribution is -2.40. The van der Waals surface area contributed by atoms with Crippen molar-refractivity contribution in [3.63, 3.8) is 0 Å². The summed E-state index contributed by atoms with van der Waals surface area (Å²) in [6.45, 7) is 1.93. The van der Waals surface area contributed by atoms with Crippen molar-refractivity contribution < 1.29 is 18.3 Å². The van der Waals surface area contributed by atoms with E-state index in [1.807, 2.05) is 24.3 Å². The fraction of sp³-hybridized carbons (Fsp3) is 0.364. The third kappa shape index (κ3) is 4.29. The highest BCUT2D eigenvalue weighted by Gasteiger charge is 2.29. The average Bonchev–Trinajstić information content (AvgIpc) is 2.68. The van der Waals surface area contributed by atoms with E-state index < -0.39 is 6.61 Å². The highest BCUT2D eigenvalue weighted by Crippen LogP contribution is 2.36. The van der Waals surface area contributed by atoms with E-state index in [-0.39, 0.29) is 17.4 Å². The van der Waals surface area contributed by atoms with Crippen LogP contribution >= 0.6 is 0 Å². The number of aromatic nitrogens is 2. The van der Waals surface area contributed by atoms with Crippen LogP contribution in [0, 0.1) is 0 Å². The van der Waals surface area contributed by atoms with Crippen LogP contribution in [0.5, 0.6) is 5.75 Å². The van der Waals surface area contributed by atoms with Gasteiger partial charge >= 0.3 is 6.61 Å². The molecule has 0 aliphatic carbocycles. The molecule has 0 spiro atoms. The second-order valence-corrected chi connectivity index (χ2v) is 7.76. The molecule has 1 fully saturated rings. The second-order valence-electron chi connectivity index (χ2n) is 7.76. The summed E-state index contributed by atoms with van der Waals surface area (Å²) in [5.74, 6) is 0.758. The predicted octanol–water partition coefficient (Wildman–Crippen LogP) is 5.27. The molecule has 0 bridgehead atoms. The zero-order chi connectivity index (χ0) is 20.4. The molecule has 7 heteroatoms. The van der Waals surface area contributed by atoms with E-state index in [0.717, 1.165) is 23.6 Å². The summed E-state index contributed by atoms with van der Waals surface area (Å²) in [4.78, 5) is 0. The van der Waals surface area contributed by atoms with Gasteiger partial charge < -0.3 is 14.8 Å². The predicted molar refractivity (Wildman–Crippen MR) is 108 cm³/mol. The van der Waals surface area contributed by atoms with Crippen LogP contribution in [0.15, 0.2) is 48.5 Å². The Morgan fingerprint density at radius 3 is 2.55 bits per heavy atom. The minimum atomic E-state index is -2.91. The summed E-state index contributed by atoms with van der Waals surface area (Å²) >= 11 is 0. The first kappa shape index (κ1) is 19.5. The van der Waals surface area contributed by atoms with Gasteiger partial charge in [-0.3, -0.25) is 0 Å². The van der Waals surface area contributed by atoms with Gasteiger partial charge in [-0.2, -0.15) is 8.78 Å². The van der Waals surface area contributed by atoms with Crippen molar-refractivity contribution in [1.29, 1.82) is 0 Å². The number of para-hydroxylation sites is 1. The maximum Gasteiger partial charge on any atom is 0.387 e. The molecule has 3 aromatic rings. The maximum absolute atomic E-state index is 12.8. The summed E-state index contributed by atoms with van der Waals surface area (Å²) in [6.07, 6.45) is 1.74. The van der Waals surface area contributed by atoms with Gasteiger partial charge in [-0.25, -0.2) is 0 Å². The van der Waals surface area contributed by atoms with Crippen LogP contribution in [0.1, 0.15) is 26.7 Å². The van der Waals surface area contributed by atoms with Crippen LogP contribution in [-0.2, 0) is 4.74 Å². The van der Waals surface area contributed by atoms with Crippen molar-refractivity contribution in [2.75, 3.05) is 11.9 Å². The third-order valence-corrected chi connectivity index (χ3v) is 5.08. The molecule has 0 amide bonds. The smallest absolute Gasteiger partial charge is 0.387 e. The molecule has 1 atom stereocenters. The topological polar surface area (TPSA) is 56.3 Å². The van der Waals surface area contributed by atoms with Gasteiger partial charge in [-0.15, -0.1) is 10.2 Å². The van der Waals surface area contributed by atoms with Crippen molar-refractivity contribution in [2.24, 2.45) is 0 Å². The summed E-state index contributed by atoms with van der Waals surface area (Å²) in [5.41, 5.74) is 0.801. The quantitative estimate of drug-likeness (QED) is 0.634. The molecule has 152 valence electrons. The lowest BCUT2D eigenvalue weighted by Gasteiger charge is -2.36. The van der Waals surface area contributed by atoms with Crippen LogP contribution in [-0.4, -0.2) is 35.1 Å². The molecule has 1 aliphatic rings. The SMILES string of the molecule is CC1(C)CC(Nc2nnc(-c3ccccc3OC(F)F)c3ccccc23)CCO1. The summed E-state index contributed by atoms with van der Waals surface area (Å²) in [5, 5.41) is 14.0. The summed E-state index contributed by atoms with van der Waals surface area (Å²) < 4.78 is 36.2. The monoisotopic (exact) mass is 399 g/mol. The van der Waals surface area contributed by atoms with Crippen molar-refractivity contribution in [3.05, 3.63) is 48.5 Å². The standard InChI is InChI=1S/C22H23F2N3O2/c1-22(2)13-14(11-12-28-22)25-20-16-8-4-3-7-15(16)19(26-27-20)17-9-5-6-10-18(17)29-21(23)24/h3-10,14,21H,11-13H2,1-2H3,(H,25,27). The summed E-state index contributed by atoms with van der Waals surface area (Å²) in [6, 6.07) is 14.5. The largest absolute Gasteiger partial charge is 0.434 e. The molecule has 2 aromatic carbocycles. The molecule has 29 heavy (non-hydrogen) atoms. The zero-order valence-corrected chi connectivity index (χ0v) is 16.4. The molecule has 2 heterocycles. The Morgan fingerprint density at radius 1 is 1.07 bits per heavy atom. The first-order valence-corrected chi connectivity index (χ1v) is 9.63. The first-order chi connectivity index (χ1) is 13.9. The number of halogens is 2. The van der Waals surface area contributed by atoms with E-state index in [1.54, 1.807) is 18.2 Å². The Balaban J connectivity index is 1.74. The number of nitrogens with one attached hydrogen (secondary N) is 1. The number of fused-ring (bicyclic) bond motifs is 1. The van der Waals surface area contributed by atoms with E-state index in [0.29, 0.717) is 23.7 Å². The number of benzene rings is 2. The molecule has 1 unspecified atom stereocenters. The molecule has 1 saturated heterocycles. The van der Waals surface area contributed by atoms with E-state index in [2.05, 4.69) is 29.4 Å². The van der Waals surface area contributed by atoms with Gasteiger partial charge in [-0.1, -0.05) is 36.4 Å². The average molecular weight is 399 g/mol. The fourth-order valence-electron chi connectivity index (χ4n) is 3.82. The molecule has 5 nitrogen and oxygen atoms in total. The van der Waals surface area contributed by atoms with Crippen molar-refractivity contribution in [3.8, 4) is 17.0 Å². The molecule has 1 N–H and O–H groups in total. The first-order valence-electron chi connectivity index (χ1n) is 9.63. The summed E-state index contributed by atoms with van der Waals surface area (Å²) in [7, 11) is 0. The number of ether oxygens (including phenoxy) is 2. The molecule has 4 rings (SSSR count). The number of rotatable bonds is 5. The Morgan fingerprint density at radius 2 is 1.79 bits per heavy atom. The van der Waals surface area contributed by atoms with Gasteiger partial charge in [0.1, 0.15) is 11.4 Å². The maximum atomic E-state index is 12.8. The number of alkyl halides is 2. The van der Waals surface area contributed by atoms with E-state index in [4.69, 9.17) is 9.47 Å². The molecule has 1 aliphatic heterocycles. The van der Waals surface area contributed by atoms with Crippen LogP contribution in [0.3, 0.4) is 0 Å². The van der Waals surface area contributed by atoms with Crippen molar-refractivity contribution >= 4 is 16.6 Å². The molecule has 1 aromatic heterocycles. The normalized spacial score (nSPS) is 18.7. The fourth-order valence-corrected chi connectivity index (χ4v) is 3.82. The van der Waals surface area contributed by atoms with E-state index in [1.165, 1.54) is 6.07 Å². The number of nitrogens with zero attached hydrogens (tertiary/aromatic N) is 2. The van der Waals surface area contributed by atoms with E-state index in [9.17, 15) is 8.78 Å². The Labute approximate surface area is 168 Å². The Bertz CT molecular complexity index is 1010. The zero-order valence-electron chi connectivity index (χ0n) is 16.4. The van der Waals surface area contributed by atoms with Crippen molar-refractivity contribution in [2.45, 2.75) is 44.9 Å². The minimum Gasteiger partial charge on any atom is -0.434 e. The van der Waals surface area contributed by atoms with E-state index >= 15 is 0 Å². The van der Waals surface area contributed by atoms with Crippen LogP contribution < -0.4 is 10.1 Å². The molecule has 0 radical (unpaired) electrons. The van der Waals surface area contributed by atoms with Gasteiger partial charge in [0.05, 0.1) is 5.60 Å². The van der Waals surface area contributed by atoms with Crippen LogP contribution in [0.2, 0.25) is 0 Å². The minimum absolute atomic E-state index is 0.0776. The molecular weight excluding hydrogens is 376 g/mol. The number of anilines is 1. The van der Waals surface area contributed by atoms with Crippen LogP contribution in [0.4, 0.5) is 14.6 Å². The molecule has 0 saturated carbocycles. The van der Waals surface area contributed by atoms with Crippen LogP contribution in [0.25, 0.3) is 22.0 Å². The highest BCUT2D eigenvalue weighted by atomic mass is 19.3.